The molecule has 12 rings (SSSR count). The molecule has 0 aliphatic heterocycles. The molecule has 0 atom stereocenters. The Labute approximate surface area is 284 Å². The third-order valence-corrected chi connectivity index (χ3v) is 11.9. The number of benzene rings is 8. The smallest absolute Gasteiger partial charge is 0.160 e. The summed E-state index contributed by atoms with van der Waals surface area (Å²) in [5.41, 5.74) is 13.0. The summed E-state index contributed by atoms with van der Waals surface area (Å²) in [4.78, 5) is 0. The Morgan fingerprint density at radius 1 is 0.449 bits per heavy atom. The van der Waals surface area contributed by atoms with E-state index in [4.69, 9.17) is 4.42 Å². The van der Waals surface area contributed by atoms with Gasteiger partial charge in [0.15, 0.2) is 5.58 Å². The van der Waals surface area contributed by atoms with Crippen LogP contribution in [0.4, 0.5) is 0 Å². The fraction of sp³-hybridized carbons (Fsp3) is 0. The van der Waals surface area contributed by atoms with Crippen LogP contribution >= 0.6 is 11.3 Å². The van der Waals surface area contributed by atoms with Gasteiger partial charge in [-0.05, 0) is 74.5 Å². The first-order valence-electron chi connectivity index (χ1n) is 16.8. The summed E-state index contributed by atoms with van der Waals surface area (Å²) in [7, 11) is 0. The number of nitrogens with zero attached hydrogens (tertiary/aromatic N) is 1. The highest BCUT2D eigenvalue weighted by molar-refractivity contribution is 7.27. The van der Waals surface area contributed by atoms with E-state index in [2.05, 4.69) is 156 Å². The van der Waals surface area contributed by atoms with E-state index < -0.39 is 0 Å². The number of rotatable bonds is 2. The van der Waals surface area contributed by atoms with Gasteiger partial charge in [0.2, 0.25) is 0 Å². The van der Waals surface area contributed by atoms with Gasteiger partial charge < -0.3 is 8.98 Å². The van der Waals surface area contributed by atoms with Crippen LogP contribution in [0, 0.1) is 0 Å². The van der Waals surface area contributed by atoms with Crippen LogP contribution < -0.4 is 0 Å². The van der Waals surface area contributed by atoms with Crippen molar-refractivity contribution in [2.24, 2.45) is 0 Å². The normalized spacial score (nSPS) is 12.5. The van der Waals surface area contributed by atoms with Gasteiger partial charge in [0.25, 0.3) is 0 Å². The molecule has 49 heavy (non-hydrogen) atoms. The minimum Gasteiger partial charge on any atom is -0.454 e. The van der Waals surface area contributed by atoms with Gasteiger partial charge in [-0.15, -0.1) is 11.3 Å². The van der Waals surface area contributed by atoms with Crippen LogP contribution in [0.1, 0.15) is 0 Å². The molecule has 0 fully saturated rings. The summed E-state index contributed by atoms with van der Waals surface area (Å²) < 4.78 is 12.0. The second-order valence-corrected chi connectivity index (χ2v) is 14.2. The maximum absolute atomic E-state index is 6.90. The van der Waals surface area contributed by atoms with Crippen LogP contribution in [0.2, 0.25) is 0 Å². The van der Waals surface area contributed by atoms with Gasteiger partial charge in [0.1, 0.15) is 5.58 Å². The Hall–Kier alpha value is -6.16. The van der Waals surface area contributed by atoms with Gasteiger partial charge in [-0.25, -0.2) is 0 Å². The molecule has 8 aromatic carbocycles. The number of aromatic nitrogens is 1. The Morgan fingerprint density at radius 2 is 1.12 bits per heavy atom. The Bertz CT molecular complexity index is 3200. The molecule has 0 N–H and O–H groups in total. The molecule has 3 heteroatoms. The van der Waals surface area contributed by atoms with Crippen LogP contribution in [-0.4, -0.2) is 4.57 Å². The lowest BCUT2D eigenvalue weighted by Gasteiger charge is -2.13. The molecule has 0 amide bonds. The molecular weight excluding hydrogens is 615 g/mol. The lowest BCUT2D eigenvalue weighted by molar-refractivity contribution is 0.671. The summed E-state index contributed by atoms with van der Waals surface area (Å²) in [6.07, 6.45) is 0. The van der Waals surface area contributed by atoms with E-state index in [1.165, 1.54) is 86.0 Å². The van der Waals surface area contributed by atoms with Crippen LogP contribution in [0.3, 0.4) is 0 Å². The fourth-order valence-electron chi connectivity index (χ4n) is 8.76. The van der Waals surface area contributed by atoms with Gasteiger partial charge in [0.05, 0.1) is 11.0 Å². The van der Waals surface area contributed by atoms with E-state index in [1.54, 1.807) is 0 Å². The number of fused-ring (bicyclic) bond motifs is 15. The van der Waals surface area contributed by atoms with Gasteiger partial charge in [0, 0.05) is 47.4 Å². The molecular formula is C46H25NOS. The molecule has 1 aliphatic carbocycles. The van der Waals surface area contributed by atoms with E-state index in [1.807, 2.05) is 11.3 Å². The highest BCUT2D eigenvalue weighted by atomic mass is 32.1. The van der Waals surface area contributed by atoms with Crippen molar-refractivity contribution < 1.29 is 4.42 Å². The SMILES string of the molecule is c1cc(-c2ccc3c4c(cccc24)-c2ccccc2-3)cc(-n2c3ccccc3c3c4sc5ccccc5c4c4c5ccccc5oc4c32)c1. The number of para-hydroxylation sites is 2. The van der Waals surface area contributed by atoms with Crippen LogP contribution in [0.5, 0.6) is 0 Å². The number of hydrogen-bond acceptors (Lipinski definition) is 2. The first-order valence-corrected chi connectivity index (χ1v) is 17.6. The largest absolute Gasteiger partial charge is 0.454 e. The highest BCUT2D eigenvalue weighted by Crippen LogP contribution is 2.52. The molecule has 226 valence electrons. The molecule has 3 aromatic heterocycles. The van der Waals surface area contributed by atoms with Gasteiger partial charge in [-0.3, -0.25) is 0 Å². The molecule has 0 saturated carbocycles. The van der Waals surface area contributed by atoms with Crippen molar-refractivity contribution in [1.29, 1.82) is 0 Å². The maximum Gasteiger partial charge on any atom is 0.160 e. The molecule has 11 aromatic rings. The summed E-state index contributed by atoms with van der Waals surface area (Å²) in [6, 6.07) is 55.4. The zero-order valence-electron chi connectivity index (χ0n) is 26.2. The number of furan rings is 1. The monoisotopic (exact) mass is 639 g/mol. The molecule has 2 nitrogen and oxygen atoms in total. The van der Waals surface area contributed by atoms with Crippen molar-refractivity contribution >= 4 is 86.0 Å². The molecule has 1 aliphatic rings. The van der Waals surface area contributed by atoms with Gasteiger partial charge in [-0.2, -0.15) is 0 Å². The van der Waals surface area contributed by atoms with Crippen molar-refractivity contribution in [3.05, 3.63) is 152 Å². The average Bonchev–Trinajstić information content (AvgIpc) is 3.91. The number of thiophene rings is 1. The zero-order valence-corrected chi connectivity index (χ0v) is 27.0. The first kappa shape index (κ1) is 25.9. The topological polar surface area (TPSA) is 18.1 Å². The quantitative estimate of drug-likeness (QED) is 0.184. The van der Waals surface area contributed by atoms with E-state index in [0.717, 1.165) is 27.8 Å². The average molecular weight is 640 g/mol. The van der Waals surface area contributed by atoms with Crippen molar-refractivity contribution in [3.8, 4) is 39.1 Å². The second-order valence-electron chi connectivity index (χ2n) is 13.2. The number of hydrogen-bond donors (Lipinski definition) is 0. The summed E-state index contributed by atoms with van der Waals surface area (Å²) in [6.45, 7) is 0. The van der Waals surface area contributed by atoms with Crippen LogP contribution in [-0.2, 0) is 0 Å². The minimum absolute atomic E-state index is 0.918. The third-order valence-electron chi connectivity index (χ3n) is 10.7. The minimum atomic E-state index is 0.918. The van der Waals surface area contributed by atoms with Crippen molar-refractivity contribution in [3.63, 3.8) is 0 Å². The van der Waals surface area contributed by atoms with Crippen molar-refractivity contribution in [2.45, 2.75) is 0 Å². The van der Waals surface area contributed by atoms with Crippen molar-refractivity contribution in [2.75, 3.05) is 0 Å². The Balaban J connectivity index is 1.20. The standard InChI is InChI=1S/C46H25NOS/c1-2-14-30-29(13-1)32-19-10-18-31-28(23-24-33(30)40(31)32)26-11-9-12-27(25-26)47-37-20-6-3-15-34(37)43-44(47)45-41(35-16-4-7-21-38(35)48-45)42-36-17-5-8-22-39(36)49-46(42)43/h1-25H. The van der Waals surface area contributed by atoms with E-state index in [-0.39, 0.29) is 0 Å². The first-order chi connectivity index (χ1) is 24.3. The predicted molar refractivity (Wildman–Crippen MR) is 208 cm³/mol. The molecule has 0 bridgehead atoms. The summed E-state index contributed by atoms with van der Waals surface area (Å²) in [5, 5.41) is 10.1. The lowest BCUT2D eigenvalue weighted by atomic mass is 9.94. The molecule has 0 radical (unpaired) electrons. The third kappa shape index (κ3) is 3.25. The van der Waals surface area contributed by atoms with E-state index >= 15 is 0 Å². The summed E-state index contributed by atoms with van der Waals surface area (Å²) >= 11 is 1.89. The van der Waals surface area contributed by atoms with Crippen LogP contribution in [0.15, 0.2) is 156 Å². The van der Waals surface area contributed by atoms with Crippen molar-refractivity contribution in [1.82, 2.24) is 4.57 Å². The van der Waals surface area contributed by atoms with Gasteiger partial charge in [-0.1, -0.05) is 121 Å². The predicted octanol–water partition coefficient (Wildman–Crippen LogP) is 13.5. The Kier molecular flexibility index (Phi) is 4.89. The fourth-order valence-corrected chi connectivity index (χ4v) is 10.0. The molecule has 0 unspecified atom stereocenters. The summed E-state index contributed by atoms with van der Waals surface area (Å²) in [5.74, 6) is 0. The molecule has 0 saturated heterocycles. The molecule has 3 heterocycles. The van der Waals surface area contributed by atoms with E-state index in [0.29, 0.717) is 0 Å². The van der Waals surface area contributed by atoms with Gasteiger partial charge >= 0.3 is 0 Å². The second kappa shape index (κ2) is 9.25. The Morgan fingerprint density at radius 3 is 2.02 bits per heavy atom. The molecule has 0 spiro atoms. The lowest BCUT2D eigenvalue weighted by Crippen LogP contribution is -1.95. The van der Waals surface area contributed by atoms with E-state index in [9.17, 15) is 0 Å². The maximum atomic E-state index is 6.90. The highest BCUT2D eigenvalue weighted by Gasteiger charge is 2.26. The zero-order chi connectivity index (χ0) is 31.8. The van der Waals surface area contributed by atoms with Crippen LogP contribution in [0.25, 0.3) is 114 Å².